The van der Waals surface area contributed by atoms with Gasteiger partial charge in [0.15, 0.2) is 0 Å². The van der Waals surface area contributed by atoms with Crippen LogP contribution in [0.4, 0.5) is 10.0 Å². The molecular weight excluding hydrogens is 156 g/mol. The minimum Gasteiger partial charge on any atom is -0.390 e. The number of hydrogen-bond donors (Lipinski definition) is 2. The first-order valence-electron chi connectivity index (χ1n) is 3.86. The predicted octanol–water partition coefficient (Wildman–Crippen LogP) is 2.04. The Balaban J connectivity index is 3.17. The first-order chi connectivity index (χ1) is 5.20. The Morgan fingerprint density at radius 2 is 1.36 bits per heavy atom. The van der Waals surface area contributed by atoms with Gasteiger partial charge in [-0.25, -0.2) is 0 Å². The summed E-state index contributed by atoms with van der Waals surface area (Å²) < 4.78 is 0. The average molecular weight is 170 g/mol. The molecule has 0 aliphatic rings. The van der Waals surface area contributed by atoms with E-state index in [0.717, 1.165) is 22.8 Å². The maximum Gasteiger partial charge on any atom is 0.0913 e. The number of nitrogens with two attached hydrogens (primary N) is 2. The van der Waals surface area contributed by atoms with Crippen LogP contribution in [0.2, 0.25) is 0 Å². The van der Waals surface area contributed by atoms with Crippen molar-refractivity contribution in [2.24, 2.45) is 0 Å². The Bertz CT molecular complexity index is 228. The Morgan fingerprint density at radius 1 is 1.00 bits per heavy atom. The molecule has 0 radical (unpaired) electrons. The molecule has 1 aromatic rings. The van der Waals surface area contributed by atoms with Crippen LogP contribution in [0, 0.1) is 0 Å². The third kappa shape index (κ3) is 1.33. The van der Waals surface area contributed by atoms with E-state index in [1.54, 1.807) is 0 Å². The van der Waals surface area contributed by atoms with Crippen LogP contribution in [0.15, 0.2) is 0 Å². The summed E-state index contributed by atoms with van der Waals surface area (Å²) >= 11 is 1.50. The summed E-state index contributed by atoms with van der Waals surface area (Å²) in [5.74, 6) is 0. The highest BCUT2D eigenvalue weighted by Crippen LogP contribution is 2.33. The van der Waals surface area contributed by atoms with E-state index >= 15 is 0 Å². The Kier molecular flexibility index (Phi) is 2.39. The van der Waals surface area contributed by atoms with Crippen molar-refractivity contribution < 1.29 is 0 Å². The topological polar surface area (TPSA) is 52.0 Å². The normalized spacial score (nSPS) is 10.4. The molecule has 0 saturated heterocycles. The second-order valence-corrected chi connectivity index (χ2v) is 3.58. The molecule has 0 aliphatic carbocycles. The van der Waals surface area contributed by atoms with Crippen LogP contribution < -0.4 is 11.5 Å². The van der Waals surface area contributed by atoms with E-state index in [1.165, 1.54) is 22.5 Å². The van der Waals surface area contributed by atoms with Crippen molar-refractivity contribution >= 4 is 21.3 Å². The number of thiophene rings is 1. The lowest BCUT2D eigenvalue weighted by molar-refractivity contribution is 1.06. The summed E-state index contributed by atoms with van der Waals surface area (Å²) in [6, 6.07) is 0. The fourth-order valence-corrected chi connectivity index (χ4v) is 2.33. The quantitative estimate of drug-likeness (QED) is 0.713. The molecule has 0 amide bonds. The van der Waals surface area contributed by atoms with E-state index in [2.05, 4.69) is 13.8 Å². The van der Waals surface area contributed by atoms with Gasteiger partial charge < -0.3 is 11.5 Å². The summed E-state index contributed by atoms with van der Waals surface area (Å²) in [4.78, 5) is 0. The highest BCUT2D eigenvalue weighted by atomic mass is 32.1. The fraction of sp³-hybridized carbons (Fsp3) is 0.500. The first-order valence-corrected chi connectivity index (χ1v) is 4.67. The monoisotopic (exact) mass is 170 g/mol. The van der Waals surface area contributed by atoms with Crippen LogP contribution in [0.5, 0.6) is 0 Å². The zero-order chi connectivity index (χ0) is 8.43. The lowest BCUT2D eigenvalue weighted by Gasteiger charge is -1.98. The van der Waals surface area contributed by atoms with Gasteiger partial charge in [-0.3, -0.25) is 0 Å². The largest absolute Gasteiger partial charge is 0.390 e. The molecule has 3 heteroatoms. The zero-order valence-electron chi connectivity index (χ0n) is 6.98. The summed E-state index contributed by atoms with van der Waals surface area (Å²) in [7, 11) is 0. The van der Waals surface area contributed by atoms with Crippen LogP contribution in [0.25, 0.3) is 0 Å². The zero-order valence-corrected chi connectivity index (χ0v) is 7.79. The molecule has 2 nitrogen and oxygen atoms in total. The molecule has 11 heavy (non-hydrogen) atoms. The molecule has 1 heterocycles. The molecule has 0 spiro atoms. The SMILES string of the molecule is CCc1c(N)sc(N)c1CC. The average Bonchev–Trinajstić information content (AvgIpc) is 2.24. The van der Waals surface area contributed by atoms with Crippen LogP contribution in [-0.4, -0.2) is 0 Å². The first kappa shape index (κ1) is 8.40. The van der Waals surface area contributed by atoms with Crippen molar-refractivity contribution in [3.8, 4) is 0 Å². The number of rotatable bonds is 2. The standard InChI is InChI=1S/C8H14N2S/c1-3-5-6(4-2)8(10)11-7(5)9/h3-4,9-10H2,1-2H3. The van der Waals surface area contributed by atoms with E-state index in [1.807, 2.05) is 0 Å². The Morgan fingerprint density at radius 3 is 1.64 bits per heavy atom. The van der Waals surface area contributed by atoms with E-state index in [4.69, 9.17) is 11.5 Å². The van der Waals surface area contributed by atoms with E-state index in [0.29, 0.717) is 0 Å². The highest BCUT2D eigenvalue weighted by molar-refractivity contribution is 7.20. The van der Waals surface area contributed by atoms with Gasteiger partial charge in [0.1, 0.15) is 0 Å². The van der Waals surface area contributed by atoms with E-state index < -0.39 is 0 Å². The van der Waals surface area contributed by atoms with Gasteiger partial charge in [-0.2, -0.15) is 0 Å². The summed E-state index contributed by atoms with van der Waals surface area (Å²) in [6.07, 6.45) is 1.98. The minimum atomic E-state index is 0.891. The van der Waals surface area contributed by atoms with Crippen LogP contribution >= 0.6 is 11.3 Å². The predicted molar refractivity (Wildman–Crippen MR) is 51.9 cm³/mol. The smallest absolute Gasteiger partial charge is 0.0913 e. The van der Waals surface area contributed by atoms with E-state index in [-0.39, 0.29) is 0 Å². The third-order valence-corrected chi connectivity index (χ3v) is 2.82. The van der Waals surface area contributed by atoms with Gasteiger partial charge in [-0.15, -0.1) is 11.3 Å². The van der Waals surface area contributed by atoms with Crippen molar-refractivity contribution in [1.82, 2.24) is 0 Å². The number of anilines is 2. The molecule has 0 aromatic carbocycles. The molecule has 0 unspecified atom stereocenters. The van der Waals surface area contributed by atoms with Gasteiger partial charge in [-0.05, 0) is 24.0 Å². The van der Waals surface area contributed by atoms with Crippen molar-refractivity contribution in [2.45, 2.75) is 26.7 Å². The van der Waals surface area contributed by atoms with Crippen molar-refractivity contribution in [3.05, 3.63) is 11.1 Å². The van der Waals surface area contributed by atoms with Gasteiger partial charge in [0.25, 0.3) is 0 Å². The molecule has 0 bridgehead atoms. The summed E-state index contributed by atoms with van der Waals surface area (Å²) in [6.45, 7) is 4.22. The molecule has 0 fully saturated rings. The maximum atomic E-state index is 5.77. The Hall–Kier alpha value is -0.700. The number of hydrogen-bond acceptors (Lipinski definition) is 3. The molecule has 0 atom stereocenters. The van der Waals surface area contributed by atoms with Gasteiger partial charge in [-0.1, -0.05) is 13.8 Å². The molecule has 0 aliphatic heterocycles. The molecule has 1 aromatic heterocycles. The highest BCUT2D eigenvalue weighted by Gasteiger charge is 2.10. The molecule has 62 valence electrons. The molecule has 0 saturated carbocycles. The van der Waals surface area contributed by atoms with Crippen molar-refractivity contribution in [1.29, 1.82) is 0 Å². The lowest BCUT2D eigenvalue weighted by Crippen LogP contribution is -1.92. The third-order valence-electron chi connectivity index (χ3n) is 1.89. The molecule has 4 N–H and O–H groups in total. The summed E-state index contributed by atoms with van der Waals surface area (Å²) in [5, 5.41) is 1.78. The minimum absolute atomic E-state index is 0.891. The Labute approximate surface area is 71.2 Å². The second-order valence-electron chi connectivity index (χ2n) is 2.49. The van der Waals surface area contributed by atoms with Crippen molar-refractivity contribution in [2.75, 3.05) is 11.5 Å². The van der Waals surface area contributed by atoms with Crippen LogP contribution in [-0.2, 0) is 12.8 Å². The fourth-order valence-electron chi connectivity index (χ4n) is 1.31. The summed E-state index contributed by atoms with van der Waals surface area (Å²) in [5.41, 5.74) is 14.0. The molecule has 1 rings (SSSR count). The van der Waals surface area contributed by atoms with Crippen LogP contribution in [0.1, 0.15) is 25.0 Å². The van der Waals surface area contributed by atoms with Crippen molar-refractivity contribution in [3.63, 3.8) is 0 Å². The van der Waals surface area contributed by atoms with Crippen LogP contribution in [0.3, 0.4) is 0 Å². The van der Waals surface area contributed by atoms with Gasteiger partial charge >= 0.3 is 0 Å². The second kappa shape index (κ2) is 3.13. The lowest BCUT2D eigenvalue weighted by atomic mass is 10.1. The van der Waals surface area contributed by atoms with Gasteiger partial charge in [0.05, 0.1) is 10.0 Å². The van der Waals surface area contributed by atoms with Gasteiger partial charge in [0, 0.05) is 0 Å². The number of nitrogen functional groups attached to an aromatic ring is 2. The van der Waals surface area contributed by atoms with E-state index in [9.17, 15) is 0 Å². The van der Waals surface area contributed by atoms with Gasteiger partial charge in [0.2, 0.25) is 0 Å². The molecular formula is C8H14N2S. The maximum absolute atomic E-state index is 5.77.